The van der Waals surface area contributed by atoms with E-state index in [1.54, 1.807) is 0 Å². The van der Waals surface area contributed by atoms with E-state index in [1.807, 2.05) is 0 Å². The average Bonchev–Trinajstić information content (AvgIpc) is 1.84. The summed E-state index contributed by atoms with van der Waals surface area (Å²) in [5.74, 6) is -1.22. The molecule has 0 fully saturated rings. The normalized spacial score (nSPS) is 15.2. The number of carboxylic acids is 1. The predicted molar refractivity (Wildman–Crippen MR) is 42.0 cm³/mol. The third kappa shape index (κ3) is 4.27. The number of carbonyl (C=O) groups excluding carboxylic acids is 1. The van der Waals surface area contributed by atoms with Gasteiger partial charge in [0.1, 0.15) is 6.04 Å². The number of aliphatic hydroxyl groups excluding tert-OH is 1. The lowest BCUT2D eigenvalue weighted by Crippen LogP contribution is -2.46. The minimum atomic E-state index is -1.22. The molecule has 70 valence electrons. The van der Waals surface area contributed by atoms with Crippen LogP contribution in [0.5, 0.6) is 0 Å². The Morgan fingerprint density at radius 1 is 1.58 bits per heavy atom. The van der Waals surface area contributed by atoms with Crippen LogP contribution in [0.4, 0.5) is 0 Å². The van der Waals surface area contributed by atoms with Gasteiger partial charge in [-0.1, -0.05) is 0 Å². The van der Waals surface area contributed by atoms with Gasteiger partial charge in [-0.05, 0) is 18.5 Å². The zero-order valence-corrected chi connectivity index (χ0v) is 7.21. The van der Waals surface area contributed by atoms with Gasteiger partial charge in [0.2, 0.25) is 5.24 Å². The number of aliphatic carboxylic acids is 1. The molecule has 0 unspecified atom stereocenters. The number of carbonyl (C=O) groups is 2. The maximum Gasteiger partial charge on any atom is 0.323 e. The van der Waals surface area contributed by atoms with Crippen LogP contribution in [-0.2, 0) is 9.59 Å². The molecule has 2 atom stereocenters. The molecular formula is C6H10ClNO4. The third-order valence-electron chi connectivity index (χ3n) is 1.21. The number of hydrogen-bond acceptors (Lipinski definition) is 4. The fourth-order valence-electron chi connectivity index (χ4n) is 0.654. The zero-order valence-electron chi connectivity index (χ0n) is 6.45. The second-order valence-corrected chi connectivity index (χ2v) is 2.71. The van der Waals surface area contributed by atoms with Crippen molar-refractivity contribution in [3.8, 4) is 0 Å². The fourth-order valence-corrected chi connectivity index (χ4v) is 0.732. The van der Waals surface area contributed by atoms with Crippen molar-refractivity contribution in [1.82, 2.24) is 5.32 Å². The van der Waals surface area contributed by atoms with Gasteiger partial charge in [-0.25, -0.2) is 0 Å². The minimum Gasteiger partial charge on any atom is -0.480 e. The number of nitrogens with one attached hydrogen (secondary N) is 1. The van der Waals surface area contributed by atoms with Gasteiger partial charge in [-0.3, -0.25) is 14.9 Å². The topological polar surface area (TPSA) is 86.6 Å². The van der Waals surface area contributed by atoms with Crippen LogP contribution in [0.2, 0.25) is 0 Å². The van der Waals surface area contributed by atoms with E-state index in [4.69, 9.17) is 21.8 Å². The van der Waals surface area contributed by atoms with Crippen molar-refractivity contribution in [3.63, 3.8) is 0 Å². The van der Waals surface area contributed by atoms with Crippen molar-refractivity contribution >= 4 is 22.8 Å². The molecule has 0 aromatic heterocycles. The molecule has 0 amide bonds. The minimum absolute atomic E-state index is 0.274. The van der Waals surface area contributed by atoms with Gasteiger partial charge in [0.05, 0.1) is 12.6 Å². The van der Waals surface area contributed by atoms with E-state index >= 15 is 0 Å². The Hall–Kier alpha value is -0.650. The molecule has 0 aromatic rings. The summed E-state index contributed by atoms with van der Waals surface area (Å²) in [7, 11) is 0. The predicted octanol–water partition coefficient (Wildman–Crippen LogP) is -0.825. The maximum absolute atomic E-state index is 10.4. The second-order valence-electron chi connectivity index (χ2n) is 2.29. The number of halogens is 1. The molecule has 0 aliphatic rings. The molecule has 0 aliphatic heterocycles. The van der Waals surface area contributed by atoms with Gasteiger partial charge in [0.15, 0.2) is 0 Å². The van der Waals surface area contributed by atoms with E-state index in [2.05, 4.69) is 5.32 Å². The van der Waals surface area contributed by atoms with Crippen LogP contribution in [0.3, 0.4) is 0 Å². The van der Waals surface area contributed by atoms with Crippen LogP contribution in [0, 0.1) is 0 Å². The summed E-state index contributed by atoms with van der Waals surface area (Å²) in [6, 6.07) is -1.16. The highest BCUT2D eigenvalue weighted by atomic mass is 35.5. The van der Waals surface area contributed by atoms with E-state index in [9.17, 15) is 9.59 Å². The number of carboxylic acid groups (broad SMARTS) is 1. The Morgan fingerprint density at radius 2 is 2.08 bits per heavy atom. The number of rotatable bonds is 5. The van der Waals surface area contributed by atoms with Crippen LogP contribution in [0.1, 0.15) is 6.92 Å². The van der Waals surface area contributed by atoms with Crippen LogP contribution >= 0.6 is 11.6 Å². The molecule has 0 bridgehead atoms. The van der Waals surface area contributed by atoms with Gasteiger partial charge in [-0.2, -0.15) is 0 Å². The molecule has 5 nitrogen and oxygen atoms in total. The summed E-state index contributed by atoms with van der Waals surface area (Å²) < 4.78 is 0. The fraction of sp³-hybridized carbons (Fsp3) is 0.667. The SMILES string of the molecule is C[C@@H](O)[C@H](NCC(=O)Cl)C(=O)O. The van der Waals surface area contributed by atoms with Crippen molar-refractivity contribution < 1.29 is 19.8 Å². The maximum atomic E-state index is 10.4. The summed E-state index contributed by atoms with van der Waals surface area (Å²) in [6.07, 6.45) is -1.07. The van der Waals surface area contributed by atoms with Crippen LogP contribution < -0.4 is 5.32 Å². The first-order chi connectivity index (χ1) is 5.45. The Kier molecular flexibility index (Phi) is 4.80. The number of aliphatic hydroxyl groups is 1. The van der Waals surface area contributed by atoms with E-state index in [-0.39, 0.29) is 6.54 Å². The Balaban J connectivity index is 3.97. The van der Waals surface area contributed by atoms with Gasteiger partial charge in [0, 0.05) is 0 Å². The first-order valence-electron chi connectivity index (χ1n) is 3.27. The first kappa shape index (κ1) is 11.4. The van der Waals surface area contributed by atoms with Crippen molar-refractivity contribution in [2.75, 3.05) is 6.54 Å². The van der Waals surface area contributed by atoms with Gasteiger partial charge in [0.25, 0.3) is 0 Å². The summed E-state index contributed by atoms with van der Waals surface area (Å²) in [4.78, 5) is 20.6. The van der Waals surface area contributed by atoms with Crippen molar-refractivity contribution in [2.24, 2.45) is 0 Å². The molecular weight excluding hydrogens is 186 g/mol. The lowest BCUT2D eigenvalue weighted by Gasteiger charge is -2.15. The molecule has 0 aliphatic carbocycles. The lowest BCUT2D eigenvalue weighted by atomic mass is 10.2. The third-order valence-corrected chi connectivity index (χ3v) is 1.34. The van der Waals surface area contributed by atoms with Gasteiger partial charge < -0.3 is 10.2 Å². The van der Waals surface area contributed by atoms with Crippen molar-refractivity contribution in [1.29, 1.82) is 0 Å². The van der Waals surface area contributed by atoms with Crippen LogP contribution in [0.15, 0.2) is 0 Å². The smallest absolute Gasteiger partial charge is 0.323 e. The molecule has 0 aromatic carbocycles. The Bertz CT molecular complexity index is 182. The van der Waals surface area contributed by atoms with Gasteiger partial charge >= 0.3 is 5.97 Å². The molecule has 0 saturated carbocycles. The highest BCUT2D eigenvalue weighted by molar-refractivity contribution is 6.64. The van der Waals surface area contributed by atoms with E-state index < -0.39 is 23.4 Å². The molecule has 0 saturated heterocycles. The molecule has 0 spiro atoms. The number of hydrogen-bond donors (Lipinski definition) is 3. The van der Waals surface area contributed by atoms with Crippen LogP contribution in [0.25, 0.3) is 0 Å². The molecule has 0 rings (SSSR count). The largest absolute Gasteiger partial charge is 0.480 e. The molecule has 3 N–H and O–H groups in total. The quantitative estimate of drug-likeness (QED) is 0.499. The van der Waals surface area contributed by atoms with E-state index in [0.717, 1.165) is 0 Å². The van der Waals surface area contributed by atoms with Gasteiger partial charge in [-0.15, -0.1) is 0 Å². The highest BCUT2D eigenvalue weighted by Crippen LogP contribution is 1.92. The Labute approximate surface area is 74.3 Å². The lowest BCUT2D eigenvalue weighted by molar-refractivity contribution is -0.142. The van der Waals surface area contributed by atoms with Crippen molar-refractivity contribution in [2.45, 2.75) is 19.1 Å². The summed E-state index contributed by atoms with van der Waals surface area (Å²) in [6.45, 7) is 1.04. The standard InChI is InChI=1S/C6H10ClNO4/c1-3(9)5(6(11)12)8-2-4(7)10/h3,5,8-9H,2H2,1H3,(H,11,12)/t3-,5+/m1/s1. The summed E-state index contributed by atoms with van der Waals surface area (Å²) in [5.41, 5.74) is 0. The van der Waals surface area contributed by atoms with Crippen molar-refractivity contribution in [3.05, 3.63) is 0 Å². The van der Waals surface area contributed by atoms with E-state index in [0.29, 0.717) is 0 Å². The highest BCUT2D eigenvalue weighted by Gasteiger charge is 2.22. The molecule has 12 heavy (non-hydrogen) atoms. The summed E-state index contributed by atoms with van der Waals surface area (Å²) in [5, 5.41) is 19.0. The first-order valence-corrected chi connectivity index (χ1v) is 3.65. The average molecular weight is 196 g/mol. The monoisotopic (exact) mass is 195 g/mol. The summed E-state index contributed by atoms with van der Waals surface area (Å²) >= 11 is 4.96. The zero-order chi connectivity index (χ0) is 9.72. The Morgan fingerprint density at radius 3 is 2.33 bits per heavy atom. The van der Waals surface area contributed by atoms with Crippen LogP contribution in [-0.4, -0.2) is 40.1 Å². The van der Waals surface area contributed by atoms with E-state index in [1.165, 1.54) is 6.92 Å². The molecule has 6 heteroatoms. The molecule has 0 heterocycles. The second kappa shape index (κ2) is 5.08. The molecule has 0 radical (unpaired) electrons.